The van der Waals surface area contributed by atoms with Gasteiger partial charge in [-0.3, -0.25) is 9.69 Å². The molecule has 1 saturated heterocycles. The Hall–Kier alpha value is -2.18. The number of carbonyl (C=O) groups excluding carboxylic acids is 1. The van der Waals surface area contributed by atoms with Crippen molar-refractivity contribution < 1.29 is 14.1 Å². The highest BCUT2D eigenvalue weighted by atomic mass is 16.5. The van der Waals surface area contributed by atoms with Crippen LogP contribution in [0.15, 0.2) is 40.9 Å². The first-order chi connectivity index (χ1) is 11.2. The van der Waals surface area contributed by atoms with E-state index in [0.29, 0.717) is 18.7 Å². The zero-order valence-electron chi connectivity index (χ0n) is 13.4. The number of aromatic nitrogens is 1. The number of benzene rings is 1. The highest BCUT2D eigenvalue weighted by Gasteiger charge is 2.34. The molecule has 1 aliphatic heterocycles. The van der Waals surface area contributed by atoms with E-state index >= 15 is 0 Å². The number of hydrogen-bond donors (Lipinski definition) is 1. The minimum atomic E-state index is -0.156. The van der Waals surface area contributed by atoms with Crippen molar-refractivity contribution in [3.05, 3.63) is 42.2 Å². The van der Waals surface area contributed by atoms with Gasteiger partial charge in [0.25, 0.3) is 0 Å². The van der Waals surface area contributed by atoms with Gasteiger partial charge in [0.1, 0.15) is 5.69 Å². The predicted molar refractivity (Wildman–Crippen MR) is 85.6 cm³/mol. The summed E-state index contributed by atoms with van der Waals surface area (Å²) in [5.41, 5.74) is 1.76. The Labute approximate surface area is 135 Å². The lowest BCUT2D eigenvalue weighted by atomic mass is 10.1. The second-order valence-electron chi connectivity index (χ2n) is 5.81. The van der Waals surface area contributed by atoms with Gasteiger partial charge in [-0.15, -0.1) is 0 Å². The summed E-state index contributed by atoms with van der Waals surface area (Å²) in [6, 6.07) is 11.5. The van der Waals surface area contributed by atoms with E-state index in [1.54, 1.807) is 7.11 Å². The number of likely N-dealkylation sites (tertiary alicyclic amines) is 1. The maximum Gasteiger partial charge on any atom is 0.237 e. The number of methoxy groups -OCH3 is 1. The van der Waals surface area contributed by atoms with E-state index in [1.165, 1.54) is 0 Å². The van der Waals surface area contributed by atoms with Crippen LogP contribution in [0, 0.1) is 0 Å². The molecule has 0 spiro atoms. The van der Waals surface area contributed by atoms with Gasteiger partial charge in [-0.2, -0.15) is 0 Å². The normalized spacial score (nSPS) is 21.5. The average Bonchev–Trinajstić information content (AvgIpc) is 3.20. The molecule has 0 bridgehead atoms. The van der Waals surface area contributed by atoms with Gasteiger partial charge in [-0.1, -0.05) is 35.5 Å². The highest BCUT2D eigenvalue weighted by Crippen LogP contribution is 2.20. The Morgan fingerprint density at radius 3 is 2.91 bits per heavy atom. The summed E-state index contributed by atoms with van der Waals surface area (Å²) >= 11 is 0. The maximum atomic E-state index is 12.3. The van der Waals surface area contributed by atoms with Crippen LogP contribution in [0.4, 0.5) is 0 Å². The van der Waals surface area contributed by atoms with Crippen molar-refractivity contribution in [2.45, 2.75) is 25.1 Å². The first kappa shape index (κ1) is 15.7. The number of nitrogens with one attached hydrogen (secondary N) is 1. The summed E-state index contributed by atoms with van der Waals surface area (Å²) in [4.78, 5) is 14.3. The second-order valence-corrected chi connectivity index (χ2v) is 5.81. The topological polar surface area (TPSA) is 67.6 Å². The molecule has 0 saturated carbocycles. The van der Waals surface area contributed by atoms with Crippen LogP contribution in [-0.2, 0) is 16.1 Å². The Balaban J connectivity index is 1.57. The first-order valence-corrected chi connectivity index (χ1v) is 7.69. The fraction of sp³-hybridized carbons (Fsp3) is 0.412. The Morgan fingerprint density at radius 2 is 2.22 bits per heavy atom. The number of ether oxygens (including phenoxy) is 1. The van der Waals surface area contributed by atoms with Crippen molar-refractivity contribution in [2.24, 2.45) is 0 Å². The lowest BCUT2D eigenvalue weighted by Crippen LogP contribution is -2.41. The molecule has 1 amide bonds. The van der Waals surface area contributed by atoms with Gasteiger partial charge in [0.15, 0.2) is 5.76 Å². The van der Waals surface area contributed by atoms with Gasteiger partial charge >= 0.3 is 0 Å². The lowest BCUT2D eigenvalue weighted by Gasteiger charge is -2.17. The standard InChI is InChI=1S/C17H21N3O3/c1-20-11-14(22-2)9-16(20)17(21)18-10-13-8-15(19-23-13)12-6-4-3-5-7-12/h3-8,14,16H,9-11H2,1-2H3,(H,18,21)/t14-,16-/m0/s1. The van der Waals surface area contributed by atoms with Crippen molar-refractivity contribution >= 4 is 5.91 Å². The minimum Gasteiger partial charge on any atom is -0.380 e. The Morgan fingerprint density at radius 1 is 1.43 bits per heavy atom. The molecular formula is C17H21N3O3. The number of rotatable bonds is 5. The molecule has 2 aromatic rings. The second kappa shape index (κ2) is 6.93. The van der Waals surface area contributed by atoms with Crippen LogP contribution < -0.4 is 5.32 Å². The van der Waals surface area contributed by atoms with Gasteiger partial charge in [0, 0.05) is 25.3 Å². The summed E-state index contributed by atoms with van der Waals surface area (Å²) < 4.78 is 10.6. The third kappa shape index (κ3) is 3.60. The van der Waals surface area contributed by atoms with Gasteiger partial charge in [-0.05, 0) is 13.5 Å². The van der Waals surface area contributed by atoms with Gasteiger partial charge in [0.2, 0.25) is 5.91 Å². The van der Waals surface area contributed by atoms with Crippen molar-refractivity contribution in [3.63, 3.8) is 0 Å². The van der Waals surface area contributed by atoms with Crippen LogP contribution in [0.5, 0.6) is 0 Å². The summed E-state index contributed by atoms with van der Waals surface area (Å²) in [5.74, 6) is 0.630. The molecule has 1 fully saturated rings. The molecule has 2 atom stereocenters. The highest BCUT2D eigenvalue weighted by molar-refractivity contribution is 5.82. The fourth-order valence-electron chi connectivity index (χ4n) is 2.86. The van der Waals surface area contributed by atoms with E-state index in [0.717, 1.165) is 17.8 Å². The third-order valence-electron chi connectivity index (χ3n) is 4.21. The monoisotopic (exact) mass is 315 g/mol. The zero-order chi connectivity index (χ0) is 16.2. The largest absolute Gasteiger partial charge is 0.380 e. The molecule has 1 aromatic carbocycles. The number of nitrogens with zero attached hydrogens (tertiary/aromatic N) is 2. The average molecular weight is 315 g/mol. The van der Waals surface area contributed by atoms with Gasteiger partial charge < -0.3 is 14.6 Å². The van der Waals surface area contributed by atoms with Crippen molar-refractivity contribution in [1.29, 1.82) is 0 Å². The molecule has 0 radical (unpaired) electrons. The molecule has 6 heteroatoms. The van der Waals surface area contributed by atoms with Crippen molar-refractivity contribution in [3.8, 4) is 11.3 Å². The van der Waals surface area contributed by atoms with Crippen LogP contribution in [0.2, 0.25) is 0 Å². The fourth-order valence-corrected chi connectivity index (χ4v) is 2.86. The number of carbonyl (C=O) groups is 1. The summed E-state index contributed by atoms with van der Waals surface area (Å²) in [7, 11) is 3.61. The predicted octanol–water partition coefficient (Wildman–Crippen LogP) is 1.68. The number of amides is 1. The molecule has 23 heavy (non-hydrogen) atoms. The molecule has 3 rings (SSSR count). The van der Waals surface area contributed by atoms with E-state index in [2.05, 4.69) is 10.5 Å². The molecule has 6 nitrogen and oxygen atoms in total. The molecule has 1 aromatic heterocycles. The molecular weight excluding hydrogens is 294 g/mol. The zero-order valence-corrected chi connectivity index (χ0v) is 13.4. The van der Waals surface area contributed by atoms with E-state index in [9.17, 15) is 4.79 Å². The van der Waals surface area contributed by atoms with E-state index in [-0.39, 0.29) is 18.1 Å². The lowest BCUT2D eigenvalue weighted by molar-refractivity contribution is -0.125. The maximum absolute atomic E-state index is 12.3. The van der Waals surface area contributed by atoms with Crippen LogP contribution >= 0.6 is 0 Å². The van der Waals surface area contributed by atoms with E-state index < -0.39 is 0 Å². The number of hydrogen-bond acceptors (Lipinski definition) is 5. The SMILES string of the molecule is CO[C@H]1C[C@@H](C(=O)NCc2cc(-c3ccccc3)no2)N(C)C1. The molecule has 0 aliphatic carbocycles. The van der Waals surface area contributed by atoms with Gasteiger partial charge in [-0.25, -0.2) is 0 Å². The summed E-state index contributed by atoms with van der Waals surface area (Å²) in [6.45, 7) is 1.11. The smallest absolute Gasteiger partial charge is 0.237 e. The molecule has 2 heterocycles. The van der Waals surface area contributed by atoms with Crippen LogP contribution in [0.1, 0.15) is 12.2 Å². The van der Waals surface area contributed by atoms with Crippen molar-refractivity contribution in [2.75, 3.05) is 20.7 Å². The first-order valence-electron chi connectivity index (χ1n) is 7.69. The van der Waals surface area contributed by atoms with Crippen LogP contribution in [0.25, 0.3) is 11.3 Å². The Kier molecular flexibility index (Phi) is 4.73. The van der Waals surface area contributed by atoms with Gasteiger partial charge in [0.05, 0.1) is 18.7 Å². The van der Waals surface area contributed by atoms with Crippen LogP contribution in [-0.4, -0.2) is 48.8 Å². The molecule has 1 aliphatic rings. The quantitative estimate of drug-likeness (QED) is 0.909. The van der Waals surface area contributed by atoms with E-state index in [4.69, 9.17) is 9.26 Å². The Bertz CT molecular complexity index is 656. The number of likely N-dealkylation sites (N-methyl/N-ethyl adjacent to an activating group) is 1. The minimum absolute atomic E-state index is 0.00953. The third-order valence-corrected chi connectivity index (χ3v) is 4.21. The molecule has 0 unspecified atom stereocenters. The molecule has 1 N–H and O–H groups in total. The van der Waals surface area contributed by atoms with Crippen LogP contribution in [0.3, 0.4) is 0 Å². The van der Waals surface area contributed by atoms with E-state index in [1.807, 2.05) is 48.3 Å². The summed E-state index contributed by atoms with van der Waals surface area (Å²) in [5, 5.41) is 6.96. The summed E-state index contributed by atoms with van der Waals surface area (Å²) in [6.07, 6.45) is 0.829. The molecule has 122 valence electrons. The van der Waals surface area contributed by atoms with Crippen molar-refractivity contribution in [1.82, 2.24) is 15.4 Å².